The number of methoxy groups -OCH3 is 1. The number of rotatable bonds is 8. The Kier molecular flexibility index (Phi) is 5.93. The molecule has 1 unspecified atom stereocenters. The summed E-state index contributed by atoms with van der Waals surface area (Å²) in [6.07, 6.45) is 5.78. The largest absolute Gasteiger partial charge is 0.467 e. The monoisotopic (exact) mass is 403 g/mol. The molecule has 1 aliphatic rings. The Hall–Kier alpha value is -2.94. The quantitative estimate of drug-likeness (QED) is 0.721. The Bertz CT molecular complexity index is 972. The third-order valence-corrected chi connectivity index (χ3v) is 4.73. The predicted octanol–water partition coefficient (Wildman–Crippen LogP) is 2.34. The van der Waals surface area contributed by atoms with E-state index in [1.165, 1.54) is 19.4 Å². The maximum absolute atomic E-state index is 12.8. The van der Waals surface area contributed by atoms with Gasteiger partial charge in [-0.25, -0.2) is 13.4 Å². The highest BCUT2D eigenvalue weighted by Gasteiger charge is 2.32. The van der Waals surface area contributed by atoms with Crippen LogP contribution >= 0.6 is 0 Å². The molecule has 1 saturated carbocycles. The first kappa shape index (κ1) is 19.8. The zero-order valence-corrected chi connectivity index (χ0v) is 16.3. The number of hydrogen-bond donors (Lipinski definition) is 1. The van der Waals surface area contributed by atoms with Crippen LogP contribution in [0.15, 0.2) is 48.0 Å². The highest BCUT2D eigenvalue weighted by Crippen LogP contribution is 2.34. The average molecular weight is 403 g/mol. The smallest absolute Gasteiger partial charge is 0.319 e. The lowest BCUT2D eigenvalue weighted by Crippen LogP contribution is -2.35. The van der Waals surface area contributed by atoms with E-state index in [0.29, 0.717) is 5.75 Å². The fourth-order valence-corrected chi connectivity index (χ4v) is 2.97. The third kappa shape index (κ3) is 5.53. The molecule has 1 aliphatic carbocycles. The molecule has 3 rings (SSSR count). The van der Waals surface area contributed by atoms with Crippen LogP contribution in [-0.4, -0.2) is 43.7 Å². The minimum Gasteiger partial charge on any atom is -0.467 e. The number of sulfone groups is 1. The topological polar surface area (TPSA) is 107 Å². The molecule has 0 saturated heterocycles. The van der Waals surface area contributed by atoms with Gasteiger partial charge in [0.25, 0.3) is 5.91 Å². The number of carbonyl (C=O) groups is 1. The summed E-state index contributed by atoms with van der Waals surface area (Å²) in [5.74, 6) is 0.313. The number of hydrogen-bond acceptors (Lipinski definition) is 7. The number of amides is 1. The van der Waals surface area contributed by atoms with E-state index < -0.39 is 21.8 Å². The molecule has 0 radical (unpaired) electrons. The summed E-state index contributed by atoms with van der Waals surface area (Å²) in [5.41, 5.74) is 0.128. The van der Waals surface area contributed by atoms with Gasteiger partial charge in [-0.3, -0.25) is 4.79 Å². The van der Waals surface area contributed by atoms with Crippen molar-refractivity contribution in [2.45, 2.75) is 18.9 Å². The Morgan fingerprint density at radius 1 is 1.29 bits per heavy atom. The SMILES string of the molecule is COc1ncc(C(=O)NC(C=CS(C)(=O)=O)C2CC2)c(Oc2ccccc2)n1. The molecule has 0 bridgehead atoms. The number of benzene rings is 1. The zero-order valence-electron chi connectivity index (χ0n) is 15.5. The summed E-state index contributed by atoms with van der Waals surface area (Å²) >= 11 is 0. The summed E-state index contributed by atoms with van der Waals surface area (Å²) in [4.78, 5) is 20.9. The lowest BCUT2D eigenvalue weighted by molar-refractivity contribution is 0.0937. The van der Waals surface area contributed by atoms with E-state index in [0.717, 1.165) is 24.5 Å². The van der Waals surface area contributed by atoms with Crippen molar-refractivity contribution >= 4 is 15.7 Å². The number of aromatic nitrogens is 2. The van der Waals surface area contributed by atoms with Gasteiger partial charge in [0.15, 0.2) is 9.84 Å². The molecule has 1 amide bonds. The summed E-state index contributed by atoms with van der Waals surface area (Å²) < 4.78 is 33.6. The van der Waals surface area contributed by atoms with Crippen LogP contribution < -0.4 is 14.8 Å². The molecule has 1 aromatic heterocycles. The molecule has 2 aromatic rings. The first-order valence-electron chi connectivity index (χ1n) is 8.69. The molecule has 1 fully saturated rings. The molecule has 9 heteroatoms. The average Bonchev–Trinajstić information content (AvgIpc) is 3.50. The number of carbonyl (C=O) groups excluding carboxylic acids is 1. The lowest BCUT2D eigenvalue weighted by atomic mass is 10.1. The van der Waals surface area contributed by atoms with Crippen molar-refractivity contribution in [3.63, 3.8) is 0 Å². The Balaban J connectivity index is 1.84. The van der Waals surface area contributed by atoms with Gasteiger partial charge in [-0.2, -0.15) is 4.98 Å². The molecule has 1 aromatic carbocycles. The van der Waals surface area contributed by atoms with Crippen LogP contribution in [0, 0.1) is 5.92 Å². The third-order valence-electron chi connectivity index (χ3n) is 4.08. The predicted molar refractivity (Wildman–Crippen MR) is 103 cm³/mol. The molecular weight excluding hydrogens is 382 g/mol. The van der Waals surface area contributed by atoms with Crippen molar-refractivity contribution in [2.24, 2.45) is 5.92 Å². The van der Waals surface area contributed by atoms with Gasteiger partial charge in [-0.15, -0.1) is 0 Å². The van der Waals surface area contributed by atoms with Crippen molar-refractivity contribution in [3.05, 3.63) is 53.6 Å². The van der Waals surface area contributed by atoms with Crippen LogP contribution in [0.25, 0.3) is 0 Å². The van der Waals surface area contributed by atoms with E-state index >= 15 is 0 Å². The molecule has 0 aliphatic heterocycles. The molecular formula is C19H21N3O5S. The second-order valence-corrected chi connectivity index (χ2v) is 8.42. The van der Waals surface area contributed by atoms with Crippen molar-refractivity contribution in [1.29, 1.82) is 0 Å². The molecule has 0 spiro atoms. The van der Waals surface area contributed by atoms with Gasteiger partial charge in [0.1, 0.15) is 11.3 Å². The van der Waals surface area contributed by atoms with Gasteiger partial charge in [-0.05, 0) is 30.9 Å². The van der Waals surface area contributed by atoms with E-state index in [-0.39, 0.29) is 23.4 Å². The number of ether oxygens (including phenoxy) is 2. The van der Waals surface area contributed by atoms with Crippen molar-refractivity contribution in [3.8, 4) is 17.6 Å². The second-order valence-electron chi connectivity index (χ2n) is 6.49. The fourth-order valence-electron chi connectivity index (χ4n) is 2.52. The van der Waals surface area contributed by atoms with Gasteiger partial charge in [0.2, 0.25) is 5.88 Å². The summed E-state index contributed by atoms with van der Waals surface area (Å²) in [6.45, 7) is 0. The molecule has 28 heavy (non-hydrogen) atoms. The molecule has 1 heterocycles. The van der Waals surface area contributed by atoms with E-state index in [4.69, 9.17) is 9.47 Å². The Morgan fingerprint density at radius 3 is 2.61 bits per heavy atom. The van der Waals surface area contributed by atoms with Crippen LogP contribution in [0.4, 0.5) is 0 Å². The van der Waals surface area contributed by atoms with Crippen LogP contribution in [0.1, 0.15) is 23.2 Å². The first-order valence-corrected chi connectivity index (χ1v) is 10.6. The van der Waals surface area contributed by atoms with Gasteiger partial charge in [0.05, 0.1) is 19.3 Å². The standard InChI is InChI=1S/C19H21N3O5S/c1-26-19-20-12-15(18(22-19)27-14-6-4-3-5-7-14)17(23)21-16(13-8-9-13)10-11-28(2,24)25/h3-7,10-13,16H,8-9H2,1-2H3,(H,21,23). The van der Waals surface area contributed by atoms with Crippen LogP contribution in [0.2, 0.25) is 0 Å². The molecule has 1 atom stereocenters. The van der Waals surface area contributed by atoms with Crippen LogP contribution in [0.5, 0.6) is 17.6 Å². The lowest BCUT2D eigenvalue weighted by Gasteiger charge is -2.16. The minimum absolute atomic E-state index is 0.0530. The highest BCUT2D eigenvalue weighted by atomic mass is 32.2. The zero-order chi connectivity index (χ0) is 20.1. The second kappa shape index (κ2) is 8.39. The van der Waals surface area contributed by atoms with E-state index in [1.807, 2.05) is 6.07 Å². The highest BCUT2D eigenvalue weighted by molar-refractivity contribution is 7.93. The van der Waals surface area contributed by atoms with Crippen LogP contribution in [0.3, 0.4) is 0 Å². The molecule has 1 N–H and O–H groups in total. The van der Waals surface area contributed by atoms with Gasteiger partial charge in [-0.1, -0.05) is 24.3 Å². The van der Waals surface area contributed by atoms with Crippen molar-refractivity contribution < 1.29 is 22.7 Å². The van der Waals surface area contributed by atoms with Crippen LogP contribution in [-0.2, 0) is 9.84 Å². The maximum Gasteiger partial charge on any atom is 0.319 e. The number of para-hydroxylation sites is 1. The molecule has 8 nitrogen and oxygen atoms in total. The fraction of sp³-hybridized carbons (Fsp3) is 0.316. The molecule has 148 valence electrons. The van der Waals surface area contributed by atoms with Gasteiger partial charge < -0.3 is 14.8 Å². The van der Waals surface area contributed by atoms with E-state index in [2.05, 4.69) is 15.3 Å². The van der Waals surface area contributed by atoms with Gasteiger partial charge in [0, 0.05) is 11.7 Å². The minimum atomic E-state index is -3.28. The van der Waals surface area contributed by atoms with Crippen molar-refractivity contribution in [1.82, 2.24) is 15.3 Å². The Labute approximate surface area is 163 Å². The summed E-state index contributed by atoms with van der Waals surface area (Å²) in [5, 5.41) is 3.95. The normalized spacial score (nSPS) is 15.2. The maximum atomic E-state index is 12.8. The van der Waals surface area contributed by atoms with E-state index in [1.54, 1.807) is 24.3 Å². The summed E-state index contributed by atoms with van der Waals surface area (Å²) in [6, 6.07) is 8.58. The van der Waals surface area contributed by atoms with Crippen molar-refractivity contribution in [2.75, 3.05) is 13.4 Å². The van der Waals surface area contributed by atoms with E-state index in [9.17, 15) is 13.2 Å². The number of nitrogens with zero attached hydrogens (tertiary/aromatic N) is 2. The van der Waals surface area contributed by atoms with Gasteiger partial charge >= 0.3 is 6.01 Å². The number of nitrogens with one attached hydrogen (secondary N) is 1. The summed E-state index contributed by atoms with van der Waals surface area (Å²) in [7, 11) is -1.86. The Morgan fingerprint density at radius 2 is 2.00 bits per heavy atom. The first-order chi connectivity index (χ1) is 13.4.